The molecule has 0 aromatic rings. The molecule has 1 saturated heterocycles. The van der Waals surface area contributed by atoms with Crippen molar-refractivity contribution in [2.45, 2.75) is 26.7 Å². The van der Waals surface area contributed by atoms with Crippen LogP contribution in [-0.2, 0) is 14.6 Å². The predicted octanol–water partition coefficient (Wildman–Crippen LogP) is 0.255. The molecule has 0 saturated carbocycles. The maximum atomic E-state index is 12.3. The normalized spacial score (nSPS) is 21.7. The number of carbonyl (C=O) groups is 1. The molecule has 1 rings (SSSR count). The molecule has 0 bridgehead atoms. The van der Waals surface area contributed by atoms with Crippen LogP contribution in [0.15, 0.2) is 0 Å². The third kappa shape index (κ3) is 4.57. The van der Waals surface area contributed by atoms with Crippen LogP contribution in [-0.4, -0.2) is 50.4 Å². The van der Waals surface area contributed by atoms with Gasteiger partial charge in [-0.05, 0) is 18.8 Å². The van der Waals surface area contributed by atoms with Gasteiger partial charge in [-0.15, -0.1) is 0 Å². The highest BCUT2D eigenvalue weighted by Crippen LogP contribution is 2.15. The van der Waals surface area contributed by atoms with Gasteiger partial charge in [-0.25, -0.2) is 8.42 Å². The Bertz CT molecular complexity index is 379. The number of nitrogens with two attached hydrogens (primary N) is 1. The molecule has 1 amide bonds. The maximum absolute atomic E-state index is 12.3. The molecule has 1 fully saturated rings. The van der Waals surface area contributed by atoms with Crippen molar-refractivity contribution in [2.24, 2.45) is 17.6 Å². The van der Waals surface area contributed by atoms with E-state index in [4.69, 9.17) is 5.73 Å². The van der Waals surface area contributed by atoms with Gasteiger partial charge in [0.05, 0.1) is 17.4 Å². The number of sulfone groups is 1. The Morgan fingerprint density at radius 2 is 1.94 bits per heavy atom. The van der Waals surface area contributed by atoms with Gasteiger partial charge in [-0.1, -0.05) is 13.8 Å². The van der Waals surface area contributed by atoms with E-state index >= 15 is 0 Å². The molecule has 1 aliphatic heterocycles. The highest BCUT2D eigenvalue weighted by Gasteiger charge is 2.27. The van der Waals surface area contributed by atoms with Gasteiger partial charge in [0.2, 0.25) is 5.91 Å². The highest BCUT2D eigenvalue weighted by atomic mass is 32.2. The van der Waals surface area contributed by atoms with Crippen LogP contribution in [0.5, 0.6) is 0 Å². The lowest BCUT2D eigenvalue weighted by Crippen LogP contribution is -2.41. The van der Waals surface area contributed by atoms with Crippen molar-refractivity contribution in [3.05, 3.63) is 0 Å². The van der Waals surface area contributed by atoms with Crippen molar-refractivity contribution in [2.75, 3.05) is 31.1 Å². The lowest BCUT2D eigenvalue weighted by molar-refractivity contribution is -0.135. The second-order valence-electron chi connectivity index (χ2n) is 5.39. The molecule has 1 aliphatic rings. The van der Waals surface area contributed by atoms with Crippen molar-refractivity contribution >= 4 is 15.7 Å². The lowest BCUT2D eigenvalue weighted by Gasteiger charge is -2.26. The van der Waals surface area contributed by atoms with Gasteiger partial charge in [0.1, 0.15) is 0 Å². The Kier molecular flexibility index (Phi) is 5.59. The fourth-order valence-corrected chi connectivity index (χ4v) is 3.56. The van der Waals surface area contributed by atoms with E-state index in [-0.39, 0.29) is 23.3 Å². The van der Waals surface area contributed by atoms with E-state index in [1.807, 2.05) is 0 Å². The third-order valence-electron chi connectivity index (χ3n) is 3.26. The molecule has 6 heteroatoms. The zero-order valence-corrected chi connectivity index (χ0v) is 12.1. The van der Waals surface area contributed by atoms with Crippen LogP contribution in [0, 0.1) is 11.8 Å². The molecule has 1 unspecified atom stereocenters. The molecular formula is C12H24N2O3S. The summed E-state index contributed by atoms with van der Waals surface area (Å²) in [7, 11) is -2.97. The first kappa shape index (κ1) is 15.4. The third-order valence-corrected chi connectivity index (χ3v) is 4.97. The molecule has 106 valence electrons. The van der Waals surface area contributed by atoms with Gasteiger partial charge in [-0.2, -0.15) is 0 Å². The molecule has 0 aromatic heterocycles. The minimum Gasteiger partial charge on any atom is -0.341 e. The van der Waals surface area contributed by atoms with Gasteiger partial charge in [0, 0.05) is 19.6 Å². The average Bonchev–Trinajstić information content (AvgIpc) is 2.46. The summed E-state index contributed by atoms with van der Waals surface area (Å²) >= 11 is 0. The number of rotatable bonds is 4. The van der Waals surface area contributed by atoms with Crippen molar-refractivity contribution in [3.8, 4) is 0 Å². The van der Waals surface area contributed by atoms with Crippen LogP contribution in [0.1, 0.15) is 26.7 Å². The zero-order chi connectivity index (χ0) is 13.8. The van der Waals surface area contributed by atoms with E-state index in [0.29, 0.717) is 32.0 Å². The van der Waals surface area contributed by atoms with Crippen LogP contribution in [0.4, 0.5) is 0 Å². The Hall–Kier alpha value is -0.620. The molecule has 1 atom stereocenters. The molecule has 1 heterocycles. The molecular weight excluding hydrogens is 252 g/mol. The van der Waals surface area contributed by atoms with Gasteiger partial charge >= 0.3 is 0 Å². The van der Waals surface area contributed by atoms with E-state index in [0.717, 1.165) is 6.42 Å². The van der Waals surface area contributed by atoms with E-state index in [9.17, 15) is 13.2 Å². The van der Waals surface area contributed by atoms with E-state index in [2.05, 4.69) is 13.8 Å². The summed E-state index contributed by atoms with van der Waals surface area (Å²) in [6.45, 7) is 5.30. The van der Waals surface area contributed by atoms with Gasteiger partial charge < -0.3 is 10.6 Å². The van der Waals surface area contributed by atoms with Crippen LogP contribution < -0.4 is 5.73 Å². The fraction of sp³-hybridized carbons (Fsp3) is 0.917. The lowest BCUT2D eigenvalue weighted by atomic mass is 9.96. The number of carbonyl (C=O) groups excluding carboxylic acids is 1. The first-order valence-electron chi connectivity index (χ1n) is 6.55. The highest BCUT2D eigenvalue weighted by molar-refractivity contribution is 7.91. The molecule has 5 nitrogen and oxygen atoms in total. The average molecular weight is 276 g/mol. The standard InChI is InChI=1S/C12H24N2O3S/c1-10(2)8-11(9-13)12(15)14-4-3-6-18(16,17)7-5-14/h10-11H,3-9,13H2,1-2H3. The monoisotopic (exact) mass is 276 g/mol. The molecule has 0 radical (unpaired) electrons. The van der Waals surface area contributed by atoms with Crippen molar-refractivity contribution in [1.82, 2.24) is 4.90 Å². The van der Waals surface area contributed by atoms with Gasteiger partial charge in [-0.3, -0.25) is 4.79 Å². The summed E-state index contributed by atoms with van der Waals surface area (Å²) in [5.41, 5.74) is 5.66. The maximum Gasteiger partial charge on any atom is 0.226 e. The van der Waals surface area contributed by atoms with Crippen molar-refractivity contribution in [1.29, 1.82) is 0 Å². The Balaban J connectivity index is 2.65. The smallest absolute Gasteiger partial charge is 0.226 e. The van der Waals surface area contributed by atoms with Gasteiger partial charge in [0.25, 0.3) is 0 Å². The number of hydrogen-bond donors (Lipinski definition) is 1. The Labute approximate surface area is 110 Å². The quantitative estimate of drug-likeness (QED) is 0.798. The summed E-state index contributed by atoms with van der Waals surface area (Å²) in [4.78, 5) is 14.0. The number of hydrogen-bond acceptors (Lipinski definition) is 4. The molecule has 2 N–H and O–H groups in total. The zero-order valence-electron chi connectivity index (χ0n) is 11.3. The summed E-state index contributed by atoms with van der Waals surface area (Å²) in [5.74, 6) is 0.527. The minimum absolute atomic E-state index is 0.0169. The Morgan fingerprint density at radius 3 is 2.50 bits per heavy atom. The first-order valence-corrected chi connectivity index (χ1v) is 8.37. The summed E-state index contributed by atoms with van der Waals surface area (Å²) in [6, 6.07) is 0. The molecule has 0 aromatic carbocycles. The van der Waals surface area contributed by atoms with E-state index in [1.165, 1.54) is 0 Å². The second-order valence-corrected chi connectivity index (χ2v) is 7.70. The molecule has 18 heavy (non-hydrogen) atoms. The topological polar surface area (TPSA) is 80.5 Å². The number of amides is 1. The predicted molar refractivity (Wildman–Crippen MR) is 71.9 cm³/mol. The van der Waals surface area contributed by atoms with Crippen LogP contribution in [0.3, 0.4) is 0 Å². The first-order chi connectivity index (χ1) is 8.35. The van der Waals surface area contributed by atoms with E-state index in [1.54, 1.807) is 4.90 Å². The summed E-state index contributed by atoms with van der Waals surface area (Å²) in [6.07, 6.45) is 1.30. The van der Waals surface area contributed by atoms with E-state index < -0.39 is 9.84 Å². The fourth-order valence-electron chi connectivity index (χ4n) is 2.28. The van der Waals surface area contributed by atoms with Crippen molar-refractivity contribution < 1.29 is 13.2 Å². The van der Waals surface area contributed by atoms with Crippen LogP contribution in [0.2, 0.25) is 0 Å². The Morgan fingerprint density at radius 1 is 1.28 bits per heavy atom. The number of nitrogens with zero attached hydrogens (tertiary/aromatic N) is 1. The van der Waals surface area contributed by atoms with Crippen LogP contribution in [0.25, 0.3) is 0 Å². The summed E-state index contributed by atoms with van der Waals surface area (Å²) < 4.78 is 23.0. The van der Waals surface area contributed by atoms with Crippen LogP contribution >= 0.6 is 0 Å². The minimum atomic E-state index is -2.97. The summed E-state index contributed by atoms with van der Waals surface area (Å²) in [5, 5.41) is 0. The van der Waals surface area contributed by atoms with Gasteiger partial charge in [0.15, 0.2) is 9.84 Å². The second kappa shape index (κ2) is 6.52. The molecule has 0 spiro atoms. The SMILES string of the molecule is CC(C)CC(CN)C(=O)N1CCCS(=O)(=O)CC1. The van der Waals surface area contributed by atoms with Crippen molar-refractivity contribution in [3.63, 3.8) is 0 Å². The largest absolute Gasteiger partial charge is 0.341 e. The molecule has 0 aliphatic carbocycles.